The monoisotopic (exact) mass is 247 g/mol. The first kappa shape index (κ1) is 13.3. The van der Waals surface area contributed by atoms with Crippen LogP contribution in [0.3, 0.4) is 0 Å². The molecule has 0 saturated heterocycles. The maximum absolute atomic E-state index is 13.3. The van der Waals surface area contributed by atoms with Crippen molar-refractivity contribution in [2.45, 2.75) is 51.5 Å². The smallest absolute Gasteiger partial charge is 0.126 e. The van der Waals surface area contributed by atoms with E-state index in [0.29, 0.717) is 5.56 Å². The molecule has 0 aromatic heterocycles. The van der Waals surface area contributed by atoms with Crippen molar-refractivity contribution >= 4 is 0 Å². The van der Waals surface area contributed by atoms with Crippen molar-refractivity contribution < 1.29 is 4.39 Å². The van der Waals surface area contributed by atoms with E-state index in [1.165, 1.54) is 37.3 Å². The fraction of sp³-hybridized carbons (Fsp3) is 0.500. The minimum Gasteiger partial charge on any atom is -0.321 e. The Morgan fingerprint density at radius 2 is 1.94 bits per heavy atom. The number of allylic oxidation sites excluding steroid dienone is 1. The van der Waals surface area contributed by atoms with E-state index in [9.17, 15) is 4.39 Å². The third kappa shape index (κ3) is 3.20. The van der Waals surface area contributed by atoms with Gasteiger partial charge in [-0.15, -0.1) is 0 Å². The van der Waals surface area contributed by atoms with E-state index in [0.717, 1.165) is 18.4 Å². The molecule has 1 unspecified atom stereocenters. The lowest BCUT2D eigenvalue weighted by Gasteiger charge is -2.19. The van der Waals surface area contributed by atoms with Crippen LogP contribution < -0.4 is 5.73 Å². The highest BCUT2D eigenvalue weighted by molar-refractivity contribution is 5.32. The second kappa shape index (κ2) is 6.14. The number of nitrogens with two attached hydrogens (primary N) is 1. The largest absolute Gasteiger partial charge is 0.321 e. The van der Waals surface area contributed by atoms with Gasteiger partial charge in [0.15, 0.2) is 0 Å². The van der Waals surface area contributed by atoms with E-state index >= 15 is 0 Å². The van der Waals surface area contributed by atoms with Crippen LogP contribution in [0.15, 0.2) is 29.8 Å². The molecule has 0 bridgehead atoms. The Labute approximate surface area is 109 Å². The molecule has 1 aliphatic rings. The molecule has 1 aromatic rings. The zero-order valence-corrected chi connectivity index (χ0v) is 11.1. The average Bonchev–Trinajstić information content (AvgIpc) is 2.31. The lowest BCUT2D eigenvalue weighted by molar-refractivity contribution is 0.599. The third-order valence-electron chi connectivity index (χ3n) is 3.77. The molecule has 0 saturated carbocycles. The van der Waals surface area contributed by atoms with Crippen molar-refractivity contribution in [3.05, 3.63) is 46.8 Å². The lowest BCUT2D eigenvalue weighted by Crippen LogP contribution is -2.14. The SMILES string of the molecule is Cc1cc(C(N)/C2=C/CCCCCC2)ccc1F. The van der Waals surface area contributed by atoms with Gasteiger partial charge in [0.25, 0.3) is 0 Å². The maximum atomic E-state index is 13.3. The Morgan fingerprint density at radius 1 is 1.17 bits per heavy atom. The standard InChI is InChI=1S/C16H22FN/c1-12-11-14(9-10-15(12)17)16(18)13-7-5-3-2-4-6-8-13/h7,9-11,16H,2-6,8,18H2,1H3/b13-7+. The van der Waals surface area contributed by atoms with Crippen LogP contribution in [0.25, 0.3) is 0 Å². The Hall–Kier alpha value is -1.15. The van der Waals surface area contributed by atoms with Crippen LogP contribution in [0.5, 0.6) is 0 Å². The summed E-state index contributed by atoms with van der Waals surface area (Å²) in [6.07, 6.45) is 9.61. The first-order chi connectivity index (χ1) is 8.68. The summed E-state index contributed by atoms with van der Waals surface area (Å²) in [5, 5.41) is 0. The summed E-state index contributed by atoms with van der Waals surface area (Å²) < 4.78 is 13.3. The van der Waals surface area contributed by atoms with Gasteiger partial charge in [-0.2, -0.15) is 0 Å². The van der Waals surface area contributed by atoms with Crippen molar-refractivity contribution in [3.8, 4) is 0 Å². The van der Waals surface area contributed by atoms with E-state index in [-0.39, 0.29) is 11.9 Å². The molecule has 2 N–H and O–H groups in total. The normalized spacial score (nSPS) is 21.6. The summed E-state index contributed by atoms with van der Waals surface area (Å²) in [7, 11) is 0. The van der Waals surface area contributed by atoms with Gasteiger partial charge in [0.2, 0.25) is 0 Å². The van der Waals surface area contributed by atoms with Gasteiger partial charge in [0.1, 0.15) is 5.82 Å². The highest BCUT2D eigenvalue weighted by atomic mass is 19.1. The topological polar surface area (TPSA) is 26.0 Å². The van der Waals surface area contributed by atoms with Crippen molar-refractivity contribution in [3.63, 3.8) is 0 Å². The van der Waals surface area contributed by atoms with Crippen molar-refractivity contribution in [1.82, 2.24) is 0 Å². The van der Waals surface area contributed by atoms with Crippen LogP contribution in [-0.4, -0.2) is 0 Å². The zero-order chi connectivity index (χ0) is 13.0. The number of halogens is 1. The molecule has 0 heterocycles. The number of benzene rings is 1. The van der Waals surface area contributed by atoms with Crippen LogP contribution >= 0.6 is 0 Å². The summed E-state index contributed by atoms with van der Waals surface area (Å²) in [6, 6.07) is 5.14. The van der Waals surface area contributed by atoms with Crippen molar-refractivity contribution in [1.29, 1.82) is 0 Å². The molecular formula is C16H22FN. The molecule has 1 nitrogen and oxygen atoms in total. The van der Waals surface area contributed by atoms with Gasteiger partial charge < -0.3 is 5.73 Å². The van der Waals surface area contributed by atoms with Crippen LogP contribution in [0.4, 0.5) is 4.39 Å². The first-order valence-corrected chi connectivity index (χ1v) is 6.89. The van der Waals surface area contributed by atoms with E-state index in [4.69, 9.17) is 5.73 Å². The molecule has 0 fully saturated rings. The van der Waals surface area contributed by atoms with Gasteiger partial charge in [-0.25, -0.2) is 4.39 Å². The fourth-order valence-corrected chi connectivity index (χ4v) is 2.57. The summed E-state index contributed by atoms with van der Waals surface area (Å²) in [6.45, 7) is 1.79. The molecule has 0 amide bonds. The molecule has 1 aliphatic carbocycles. The fourth-order valence-electron chi connectivity index (χ4n) is 2.57. The molecule has 0 radical (unpaired) electrons. The van der Waals surface area contributed by atoms with Gasteiger partial charge in [0.05, 0.1) is 6.04 Å². The Kier molecular flexibility index (Phi) is 4.54. The van der Waals surface area contributed by atoms with E-state index < -0.39 is 0 Å². The van der Waals surface area contributed by atoms with Gasteiger partial charge in [0, 0.05) is 0 Å². The summed E-state index contributed by atoms with van der Waals surface area (Å²) in [5.74, 6) is -0.155. The predicted molar refractivity (Wildman–Crippen MR) is 73.9 cm³/mol. The molecule has 0 spiro atoms. The lowest BCUT2D eigenvalue weighted by atomic mass is 9.91. The highest BCUT2D eigenvalue weighted by Gasteiger charge is 2.13. The van der Waals surface area contributed by atoms with Crippen LogP contribution in [0.1, 0.15) is 55.7 Å². The minimum absolute atomic E-state index is 0.0672. The quantitative estimate of drug-likeness (QED) is 0.769. The molecule has 0 aliphatic heterocycles. The summed E-state index contributed by atoms with van der Waals surface area (Å²) >= 11 is 0. The second-order valence-corrected chi connectivity index (χ2v) is 5.22. The molecule has 1 aromatic carbocycles. The van der Waals surface area contributed by atoms with Crippen LogP contribution in [0, 0.1) is 12.7 Å². The molecule has 98 valence electrons. The Balaban J connectivity index is 2.18. The Bertz CT molecular complexity index is 437. The minimum atomic E-state index is -0.155. The number of hydrogen-bond acceptors (Lipinski definition) is 1. The van der Waals surface area contributed by atoms with Crippen LogP contribution in [0.2, 0.25) is 0 Å². The van der Waals surface area contributed by atoms with E-state index in [2.05, 4.69) is 6.08 Å². The molecule has 2 heteroatoms. The molecular weight excluding hydrogens is 225 g/mol. The third-order valence-corrected chi connectivity index (χ3v) is 3.77. The van der Waals surface area contributed by atoms with Gasteiger partial charge in [-0.1, -0.05) is 36.6 Å². The first-order valence-electron chi connectivity index (χ1n) is 6.89. The number of rotatable bonds is 2. The summed E-state index contributed by atoms with van der Waals surface area (Å²) in [5.41, 5.74) is 9.34. The zero-order valence-electron chi connectivity index (χ0n) is 11.1. The van der Waals surface area contributed by atoms with Gasteiger partial charge >= 0.3 is 0 Å². The number of aryl methyl sites for hydroxylation is 1. The van der Waals surface area contributed by atoms with E-state index in [1.807, 2.05) is 12.1 Å². The van der Waals surface area contributed by atoms with Gasteiger partial charge in [-0.05, 0) is 49.8 Å². The van der Waals surface area contributed by atoms with Gasteiger partial charge in [-0.3, -0.25) is 0 Å². The molecule has 1 atom stereocenters. The van der Waals surface area contributed by atoms with Crippen molar-refractivity contribution in [2.75, 3.05) is 0 Å². The number of hydrogen-bond donors (Lipinski definition) is 1. The summed E-state index contributed by atoms with van der Waals surface area (Å²) in [4.78, 5) is 0. The molecule has 2 rings (SSSR count). The van der Waals surface area contributed by atoms with E-state index in [1.54, 1.807) is 6.92 Å². The average molecular weight is 247 g/mol. The van der Waals surface area contributed by atoms with Crippen molar-refractivity contribution in [2.24, 2.45) is 5.73 Å². The predicted octanol–water partition coefficient (Wildman–Crippen LogP) is 4.41. The van der Waals surface area contributed by atoms with Crippen LogP contribution in [-0.2, 0) is 0 Å². The second-order valence-electron chi connectivity index (χ2n) is 5.22. The Morgan fingerprint density at radius 3 is 2.72 bits per heavy atom. The highest BCUT2D eigenvalue weighted by Crippen LogP contribution is 2.27. The molecule has 18 heavy (non-hydrogen) atoms. The maximum Gasteiger partial charge on any atom is 0.126 e.